The van der Waals surface area contributed by atoms with Crippen LogP contribution in [0.1, 0.15) is 33.5 Å². The highest BCUT2D eigenvalue weighted by Gasteiger charge is 2.21. The summed E-state index contributed by atoms with van der Waals surface area (Å²) >= 11 is 0. The molecule has 0 radical (unpaired) electrons. The van der Waals surface area contributed by atoms with Gasteiger partial charge in [-0.15, -0.1) is 5.10 Å². The zero-order chi connectivity index (χ0) is 26.0. The SMILES string of the molecule is CCNC(=O)c1ccc(-n2nnc(C(=O)NCCNc3ccccc3)c2COc2cccc(F)c2)cc1. The minimum atomic E-state index is -0.436. The van der Waals surface area contributed by atoms with Crippen LogP contribution in [0.15, 0.2) is 78.9 Å². The summed E-state index contributed by atoms with van der Waals surface area (Å²) in [6.07, 6.45) is 0. The summed E-state index contributed by atoms with van der Waals surface area (Å²) in [6, 6.07) is 22.1. The second kappa shape index (κ2) is 12.3. The molecule has 0 saturated heterocycles. The van der Waals surface area contributed by atoms with Crippen molar-refractivity contribution in [2.75, 3.05) is 25.0 Å². The molecule has 9 nitrogen and oxygen atoms in total. The number of hydrogen-bond acceptors (Lipinski definition) is 6. The van der Waals surface area contributed by atoms with Crippen molar-refractivity contribution in [3.63, 3.8) is 0 Å². The Morgan fingerprint density at radius 2 is 1.70 bits per heavy atom. The van der Waals surface area contributed by atoms with E-state index in [2.05, 4.69) is 26.3 Å². The zero-order valence-corrected chi connectivity index (χ0v) is 20.3. The molecule has 0 bridgehead atoms. The number of anilines is 1. The molecule has 0 spiro atoms. The first-order valence-electron chi connectivity index (χ1n) is 11.8. The number of carbonyl (C=O) groups is 2. The van der Waals surface area contributed by atoms with E-state index < -0.39 is 11.7 Å². The van der Waals surface area contributed by atoms with E-state index in [0.717, 1.165) is 5.69 Å². The molecule has 0 fully saturated rings. The van der Waals surface area contributed by atoms with Crippen molar-refractivity contribution in [3.8, 4) is 11.4 Å². The number of nitrogens with zero attached hydrogens (tertiary/aromatic N) is 3. The second-order valence-electron chi connectivity index (χ2n) is 8.00. The van der Waals surface area contributed by atoms with Gasteiger partial charge in [-0.25, -0.2) is 9.07 Å². The molecule has 190 valence electrons. The van der Waals surface area contributed by atoms with E-state index in [1.165, 1.54) is 22.9 Å². The van der Waals surface area contributed by atoms with Gasteiger partial charge in [0.1, 0.15) is 23.9 Å². The number of ether oxygens (including phenoxy) is 1. The molecular weight excluding hydrogens is 475 g/mol. The lowest BCUT2D eigenvalue weighted by atomic mass is 10.2. The fourth-order valence-corrected chi connectivity index (χ4v) is 3.56. The number of rotatable bonds is 11. The Labute approximate surface area is 213 Å². The molecule has 4 rings (SSSR count). The minimum absolute atomic E-state index is 0.0838. The largest absolute Gasteiger partial charge is 0.487 e. The van der Waals surface area contributed by atoms with Crippen molar-refractivity contribution in [1.82, 2.24) is 25.6 Å². The maximum absolute atomic E-state index is 13.6. The Bertz CT molecular complexity index is 1340. The van der Waals surface area contributed by atoms with E-state index in [9.17, 15) is 14.0 Å². The molecule has 10 heteroatoms. The molecule has 1 heterocycles. The van der Waals surface area contributed by atoms with Crippen LogP contribution in [-0.2, 0) is 6.61 Å². The monoisotopic (exact) mass is 502 g/mol. The normalized spacial score (nSPS) is 10.5. The molecule has 37 heavy (non-hydrogen) atoms. The van der Waals surface area contributed by atoms with E-state index in [4.69, 9.17) is 4.74 Å². The fraction of sp³-hybridized carbons (Fsp3) is 0.185. The van der Waals surface area contributed by atoms with Gasteiger partial charge in [-0.1, -0.05) is 29.5 Å². The molecule has 0 atom stereocenters. The van der Waals surface area contributed by atoms with Gasteiger partial charge < -0.3 is 20.7 Å². The predicted molar refractivity (Wildman–Crippen MR) is 137 cm³/mol. The van der Waals surface area contributed by atoms with E-state index in [1.807, 2.05) is 37.3 Å². The average Bonchev–Trinajstić information content (AvgIpc) is 3.35. The number of carbonyl (C=O) groups excluding carboxylic acids is 2. The molecule has 0 aliphatic rings. The number of para-hydroxylation sites is 1. The summed E-state index contributed by atoms with van der Waals surface area (Å²) in [7, 11) is 0. The van der Waals surface area contributed by atoms with Gasteiger partial charge in [-0.2, -0.15) is 0 Å². The zero-order valence-electron chi connectivity index (χ0n) is 20.3. The highest BCUT2D eigenvalue weighted by atomic mass is 19.1. The van der Waals surface area contributed by atoms with Crippen molar-refractivity contribution >= 4 is 17.5 Å². The van der Waals surface area contributed by atoms with Crippen molar-refractivity contribution < 1.29 is 18.7 Å². The third-order valence-electron chi connectivity index (χ3n) is 5.37. The molecular formula is C27H27FN6O3. The molecule has 3 N–H and O–H groups in total. The highest BCUT2D eigenvalue weighted by Crippen LogP contribution is 2.19. The van der Waals surface area contributed by atoms with Gasteiger partial charge >= 0.3 is 0 Å². The van der Waals surface area contributed by atoms with Crippen molar-refractivity contribution in [2.45, 2.75) is 13.5 Å². The van der Waals surface area contributed by atoms with Gasteiger partial charge in [0.05, 0.1) is 5.69 Å². The topological polar surface area (TPSA) is 110 Å². The van der Waals surface area contributed by atoms with E-state index >= 15 is 0 Å². The number of benzene rings is 3. The molecule has 4 aromatic rings. The van der Waals surface area contributed by atoms with Crippen molar-refractivity contribution in [1.29, 1.82) is 0 Å². The maximum atomic E-state index is 13.6. The quantitative estimate of drug-likeness (QED) is 0.271. The lowest BCUT2D eigenvalue weighted by molar-refractivity contribution is 0.0942. The number of hydrogen-bond donors (Lipinski definition) is 3. The van der Waals surface area contributed by atoms with Crippen molar-refractivity contribution in [2.24, 2.45) is 0 Å². The molecule has 0 aliphatic carbocycles. The minimum Gasteiger partial charge on any atom is -0.487 e. The third kappa shape index (κ3) is 6.69. The lowest BCUT2D eigenvalue weighted by Crippen LogP contribution is -2.30. The first-order chi connectivity index (χ1) is 18.0. The standard InChI is InChI=1S/C27H27FN6O3/c1-2-29-26(35)19-11-13-22(14-12-19)34-24(18-37-23-10-6-7-20(28)17-23)25(32-33-34)27(36)31-16-15-30-21-8-4-3-5-9-21/h3-14,17,30H,2,15-16,18H2,1H3,(H,29,35)(H,31,36). The second-order valence-corrected chi connectivity index (χ2v) is 8.00. The summed E-state index contributed by atoms with van der Waals surface area (Å²) in [5.41, 5.74) is 2.49. The summed E-state index contributed by atoms with van der Waals surface area (Å²) in [5, 5.41) is 17.1. The number of nitrogens with one attached hydrogen (secondary N) is 3. The third-order valence-corrected chi connectivity index (χ3v) is 5.37. The van der Waals surface area contributed by atoms with Crippen LogP contribution in [-0.4, -0.2) is 46.4 Å². The van der Waals surface area contributed by atoms with Crippen LogP contribution in [0, 0.1) is 5.82 Å². The Morgan fingerprint density at radius 3 is 2.43 bits per heavy atom. The van der Waals surface area contributed by atoms with Gasteiger partial charge in [-0.3, -0.25) is 9.59 Å². The molecule has 3 aromatic carbocycles. The lowest BCUT2D eigenvalue weighted by Gasteiger charge is -2.11. The van der Waals surface area contributed by atoms with Crippen molar-refractivity contribution in [3.05, 3.63) is 102 Å². The van der Waals surface area contributed by atoms with Crippen LogP contribution in [0.3, 0.4) is 0 Å². The molecule has 0 unspecified atom stereocenters. The maximum Gasteiger partial charge on any atom is 0.273 e. The summed E-state index contributed by atoms with van der Waals surface area (Å²) in [4.78, 5) is 25.1. The van der Waals surface area contributed by atoms with Crippen LogP contribution in [0.4, 0.5) is 10.1 Å². The Morgan fingerprint density at radius 1 is 0.919 bits per heavy atom. The van der Waals surface area contributed by atoms with Crippen LogP contribution in [0.2, 0.25) is 0 Å². The first kappa shape index (κ1) is 25.4. The van der Waals surface area contributed by atoms with Crippen LogP contribution >= 0.6 is 0 Å². The molecule has 1 aromatic heterocycles. The molecule has 0 aliphatic heterocycles. The molecule has 2 amide bonds. The van der Waals surface area contributed by atoms with E-state index in [-0.39, 0.29) is 18.2 Å². The predicted octanol–water partition coefficient (Wildman–Crippen LogP) is 3.58. The number of halogens is 1. The Hall–Kier alpha value is -4.73. The van der Waals surface area contributed by atoms with E-state index in [0.29, 0.717) is 42.3 Å². The van der Waals surface area contributed by atoms with Gasteiger partial charge in [0.25, 0.3) is 11.8 Å². The average molecular weight is 503 g/mol. The summed E-state index contributed by atoms with van der Waals surface area (Å²) < 4.78 is 20.9. The summed E-state index contributed by atoms with van der Waals surface area (Å²) in [6.45, 7) is 3.15. The van der Waals surface area contributed by atoms with Gasteiger partial charge in [-0.05, 0) is 55.5 Å². The van der Waals surface area contributed by atoms with Crippen LogP contribution < -0.4 is 20.7 Å². The fourth-order valence-electron chi connectivity index (χ4n) is 3.56. The number of aromatic nitrogens is 3. The molecule has 0 saturated carbocycles. The van der Waals surface area contributed by atoms with Crippen LogP contribution in [0.5, 0.6) is 5.75 Å². The Balaban J connectivity index is 1.51. The van der Waals surface area contributed by atoms with Gasteiger partial charge in [0, 0.05) is 37.0 Å². The van der Waals surface area contributed by atoms with Gasteiger partial charge in [0.2, 0.25) is 0 Å². The highest BCUT2D eigenvalue weighted by molar-refractivity contribution is 5.94. The van der Waals surface area contributed by atoms with Crippen LogP contribution in [0.25, 0.3) is 5.69 Å². The first-order valence-corrected chi connectivity index (χ1v) is 11.8. The smallest absolute Gasteiger partial charge is 0.273 e. The van der Waals surface area contributed by atoms with E-state index in [1.54, 1.807) is 30.3 Å². The number of amides is 2. The Kier molecular flexibility index (Phi) is 8.43. The van der Waals surface area contributed by atoms with Gasteiger partial charge in [0.15, 0.2) is 5.69 Å². The summed E-state index contributed by atoms with van der Waals surface area (Å²) in [5.74, 6) is -0.740.